The first-order valence-electron chi connectivity index (χ1n) is 12.3. The second-order valence-corrected chi connectivity index (χ2v) is 9.81. The third-order valence-corrected chi connectivity index (χ3v) is 5.69. The highest BCUT2D eigenvalue weighted by Crippen LogP contribution is 2.27. The zero-order valence-electron chi connectivity index (χ0n) is 21.7. The molecule has 0 unspecified atom stereocenters. The lowest BCUT2D eigenvalue weighted by atomic mass is 9.87. The van der Waals surface area contributed by atoms with Crippen LogP contribution in [0.5, 0.6) is 11.5 Å². The van der Waals surface area contributed by atoms with Crippen LogP contribution < -0.4 is 15.4 Å². The van der Waals surface area contributed by atoms with Gasteiger partial charge in [-0.2, -0.15) is 0 Å². The highest BCUT2D eigenvalue weighted by molar-refractivity contribution is 5.92. The standard InChI is InChI=1S/C30H34N2O5/c1-21(22-8-6-5-7-9-22)31-28(34)20-36-29(35)19-18-27(33)32-24-12-16-26(17-13-24)37-25-14-10-23(11-15-25)30(2,3)4/h5-17,21H,18-20H2,1-4H3,(H,31,34)(H,32,33)/t21-/m0/s1. The second kappa shape index (κ2) is 12.7. The first-order valence-corrected chi connectivity index (χ1v) is 12.3. The average molecular weight is 503 g/mol. The Balaban J connectivity index is 1.37. The van der Waals surface area contributed by atoms with Crippen molar-refractivity contribution < 1.29 is 23.9 Å². The molecule has 0 bridgehead atoms. The molecule has 3 rings (SSSR count). The number of carbonyl (C=O) groups excluding carboxylic acids is 3. The SMILES string of the molecule is C[C@H](NC(=O)COC(=O)CCC(=O)Nc1ccc(Oc2ccc(C(C)(C)C)cc2)cc1)c1ccccc1. The van der Waals surface area contributed by atoms with Gasteiger partial charge in [-0.3, -0.25) is 14.4 Å². The maximum Gasteiger partial charge on any atom is 0.306 e. The van der Waals surface area contributed by atoms with Gasteiger partial charge in [0.25, 0.3) is 5.91 Å². The number of ether oxygens (including phenoxy) is 2. The predicted molar refractivity (Wildman–Crippen MR) is 143 cm³/mol. The van der Waals surface area contributed by atoms with Crippen LogP contribution in [-0.2, 0) is 24.5 Å². The summed E-state index contributed by atoms with van der Waals surface area (Å²) in [4.78, 5) is 36.2. The molecule has 0 saturated heterocycles. The molecule has 3 aromatic carbocycles. The van der Waals surface area contributed by atoms with Crippen LogP contribution in [-0.4, -0.2) is 24.4 Å². The Bertz CT molecular complexity index is 1180. The quantitative estimate of drug-likeness (QED) is 0.336. The van der Waals surface area contributed by atoms with Gasteiger partial charge in [0.1, 0.15) is 11.5 Å². The summed E-state index contributed by atoms with van der Waals surface area (Å²) in [6.07, 6.45) is -0.182. The minimum absolute atomic E-state index is 0.0563. The predicted octanol–water partition coefficient (Wildman–Crippen LogP) is 5.92. The number of nitrogens with one attached hydrogen (secondary N) is 2. The van der Waals surface area contributed by atoms with Crippen molar-refractivity contribution in [2.24, 2.45) is 0 Å². The number of carbonyl (C=O) groups is 3. The number of benzene rings is 3. The van der Waals surface area contributed by atoms with Crippen LogP contribution in [0, 0.1) is 0 Å². The van der Waals surface area contributed by atoms with E-state index in [4.69, 9.17) is 9.47 Å². The van der Waals surface area contributed by atoms with Gasteiger partial charge in [-0.25, -0.2) is 0 Å². The van der Waals surface area contributed by atoms with Crippen LogP contribution in [0.2, 0.25) is 0 Å². The third-order valence-electron chi connectivity index (χ3n) is 5.69. The summed E-state index contributed by atoms with van der Waals surface area (Å²) in [6.45, 7) is 7.93. The van der Waals surface area contributed by atoms with E-state index in [0.29, 0.717) is 11.4 Å². The molecule has 0 fully saturated rings. The Kier molecular flexibility index (Phi) is 9.44. The number of rotatable bonds is 10. The van der Waals surface area contributed by atoms with Crippen molar-refractivity contribution in [3.05, 3.63) is 90.0 Å². The van der Waals surface area contributed by atoms with Gasteiger partial charge >= 0.3 is 5.97 Å². The Labute approximate surface area is 218 Å². The summed E-state index contributed by atoms with van der Waals surface area (Å²) < 4.78 is 10.9. The van der Waals surface area contributed by atoms with E-state index in [1.807, 2.05) is 61.5 Å². The largest absolute Gasteiger partial charge is 0.457 e. The summed E-state index contributed by atoms with van der Waals surface area (Å²) in [5.74, 6) is 0.0301. The minimum atomic E-state index is -0.612. The number of hydrogen-bond donors (Lipinski definition) is 2. The van der Waals surface area contributed by atoms with Gasteiger partial charge in [0, 0.05) is 12.1 Å². The van der Waals surface area contributed by atoms with Crippen LogP contribution in [0.1, 0.15) is 57.7 Å². The molecule has 3 aromatic rings. The molecule has 0 aliphatic heterocycles. The van der Waals surface area contributed by atoms with E-state index in [1.165, 1.54) is 5.56 Å². The monoisotopic (exact) mass is 502 g/mol. The van der Waals surface area contributed by atoms with Gasteiger partial charge in [-0.15, -0.1) is 0 Å². The molecule has 2 amide bonds. The fourth-order valence-electron chi connectivity index (χ4n) is 3.53. The first-order chi connectivity index (χ1) is 17.6. The smallest absolute Gasteiger partial charge is 0.306 e. The molecule has 0 radical (unpaired) electrons. The van der Waals surface area contributed by atoms with Crippen molar-refractivity contribution in [1.82, 2.24) is 5.32 Å². The first kappa shape index (κ1) is 27.5. The van der Waals surface area contributed by atoms with E-state index in [0.717, 1.165) is 11.3 Å². The Morgan fingerprint density at radius 1 is 0.784 bits per heavy atom. The Morgan fingerprint density at radius 3 is 1.97 bits per heavy atom. The molecular weight excluding hydrogens is 468 g/mol. The minimum Gasteiger partial charge on any atom is -0.457 e. The normalized spacial score (nSPS) is 11.8. The Hall–Kier alpha value is -4.13. The lowest BCUT2D eigenvalue weighted by Gasteiger charge is -2.19. The van der Waals surface area contributed by atoms with Gasteiger partial charge in [-0.1, -0.05) is 63.2 Å². The lowest BCUT2D eigenvalue weighted by molar-refractivity contribution is -0.149. The van der Waals surface area contributed by atoms with Crippen molar-refractivity contribution in [3.63, 3.8) is 0 Å². The summed E-state index contributed by atoms with van der Waals surface area (Å²) >= 11 is 0. The zero-order chi connectivity index (χ0) is 26.8. The van der Waals surface area contributed by atoms with Crippen LogP contribution in [0.25, 0.3) is 0 Å². The van der Waals surface area contributed by atoms with E-state index in [2.05, 4.69) is 31.4 Å². The molecule has 0 spiro atoms. The third kappa shape index (κ3) is 9.11. The van der Waals surface area contributed by atoms with Gasteiger partial charge in [-0.05, 0) is 59.9 Å². The molecule has 0 aliphatic rings. The fraction of sp³-hybridized carbons (Fsp3) is 0.300. The molecule has 0 saturated carbocycles. The summed E-state index contributed by atoms with van der Waals surface area (Å²) in [5.41, 5.74) is 2.84. The van der Waals surface area contributed by atoms with Crippen molar-refractivity contribution >= 4 is 23.5 Å². The summed E-state index contributed by atoms with van der Waals surface area (Å²) in [6, 6.07) is 24.2. The van der Waals surface area contributed by atoms with Gasteiger partial charge < -0.3 is 20.1 Å². The molecule has 0 heterocycles. The van der Waals surface area contributed by atoms with E-state index >= 15 is 0 Å². The highest BCUT2D eigenvalue weighted by Gasteiger charge is 2.14. The van der Waals surface area contributed by atoms with Crippen LogP contribution in [0.15, 0.2) is 78.9 Å². The number of hydrogen-bond acceptors (Lipinski definition) is 5. The van der Waals surface area contributed by atoms with Crippen molar-refractivity contribution in [1.29, 1.82) is 0 Å². The molecule has 7 heteroatoms. The summed E-state index contributed by atoms with van der Waals surface area (Å²) in [7, 11) is 0. The van der Waals surface area contributed by atoms with Crippen molar-refractivity contribution in [3.8, 4) is 11.5 Å². The number of anilines is 1. The molecule has 7 nitrogen and oxygen atoms in total. The van der Waals surface area contributed by atoms with Gasteiger partial charge in [0.2, 0.25) is 5.91 Å². The number of amides is 2. The van der Waals surface area contributed by atoms with Crippen LogP contribution in [0.3, 0.4) is 0 Å². The van der Waals surface area contributed by atoms with E-state index in [-0.39, 0.29) is 30.2 Å². The van der Waals surface area contributed by atoms with E-state index in [1.54, 1.807) is 24.3 Å². The van der Waals surface area contributed by atoms with Crippen LogP contribution >= 0.6 is 0 Å². The maximum absolute atomic E-state index is 12.2. The molecular formula is C30H34N2O5. The average Bonchev–Trinajstić information content (AvgIpc) is 2.87. The van der Waals surface area contributed by atoms with E-state index in [9.17, 15) is 14.4 Å². The summed E-state index contributed by atoms with van der Waals surface area (Å²) in [5, 5.41) is 5.51. The van der Waals surface area contributed by atoms with E-state index < -0.39 is 18.5 Å². The van der Waals surface area contributed by atoms with Gasteiger partial charge in [0.05, 0.1) is 12.5 Å². The lowest BCUT2D eigenvalue weighted by Crippen LogP contribution is -2.31. The Morgan fingerprint density at radius 2 is 1.38 bits per heavy atom. The van der Waals surface area contributed by atoms with Crippen molar-refractivity contribution in [2.75, 3.05) is 11.9 Å². The second-order valence-electron chi connectivity index (χ2n) is 9.81. The maximum atomic E-state index is 12.2. The molecule has 194 valence electrons. The highest BCUT2D eigenvalue weighted by atomic mass is 16.5. The van der Waals surface area contributed by atoms with Crippen LogP contribution in [0.4, 0.5) is 5.69 Å². The number of esters is 1. The fourth-order valence-corrected chi connectivity index (χ4v) is 3.53. The molecule has 1 atom stereocenters. The molecule has 0 aromatic heterocycles. The van der Waals surface area contributed by atoms with Gasteiger partial charge in [0.15, 0.2) is 6.61 Å². The topological polar surface area (TPSA) is 93.7 Å². The molecule has 0 aliphatic carbocycles. The zero-order valence-corrected chi connectivity index (χ0v) is 21.7. The van der Waals surface area contributed by atoms with Crippen molar-refractivity contribution in [2.45, 2.75) is 52.0 Å². The molecule has 2 N–H and O–H groups in total. The molecule has 37 heavy (non-hydrogen) atoms.